The largest absolute Gasteiger partial charge is 0.368 e. The molecule has 2 heterocycles. The molecule has 2 aromatic rings. The van der Waals surface area contributed by atoms with Crippen LogP contribution in [0.4, 0.5) is 11.9 Å². The van der Waals surface area contributed by atoms with Gasteiger partial charge in [-0.1, -0.05) is 6.92 Å². The normalized spacial score (nSPS) is 12.4. The maximum atomic E-state index is 5.63. The van der Waals surface area contributed by atoms with Crippen molar-refractivity contribution < 1.29 is 0 Å². The van der Waals surface area contributed by atoms with Gasteiger partial charge in [-0.15, -0.1) is 0 Å². The molecule has 0 aromatic carbocycles. The number of aryl methyl sites for hydroxylation is 2. The highest BCUT2D eigenvalue weighted by Gasteiger charge is 2.10. The molecule has 96 valence electrons. The molecule has 0 saturated carbocycles. The van der Waals surface area contributed by atoms with Gasteiger partial charge in [0.25, 0.3) is 0 Å². The lowest BCUT2D eigenvalue weighted by Gasteiger charge is -2.12. The van der Waals surface area contributed by atoms with Crippen LogP contribution in [0.3, 0.4) is 0 Å². The summed E-state index contributed by atoms with van der Waals surface area (Å²) in [5.74, 6) is 1.42. The van der Waals surface area contributed by atoms with Crippen LogP contribution in [0.5, 0.6) is 0 Å². The van der Waals surface area contributed by atoms with Crippen molar-refractivity contribution in [2.24, 2.45) is 7.05 Å². The van der Waals surface area contributed by atoms with E-state index in [9.17, 15) is 0 Å². The van der Waals surface area contributed by atoms with E-state index in [4.69, 9.17) is 5.73 Å². The first-order chi connectivity index (χ1) is 8.58. The fourth-order valence-electron chi connectivity index (χ4n) is 1.60. The van der Waals surface area contributed by atoms with Gasteiger partial charge in [0, 0.05) is 25.2 Å². The number of nitrogens with two attached hydrogens (primary N) is 1. The Kier molecular flexibility index (Phi) is 3.40. The van der Waals surface area contributed by atoms with E-state index in [-0.39, 0.29) is 12.0 Å². The van der Waals surface area contributed by atoms with Crippen molar-refractivity contribution in [1.29, 1.82) is 0 Å². The SMILES string of the molecule is CCc1nc(N)nc(NC(C)c2cnn(C)c2)n1. The fraction of sp³-hybridized carbons (Fsp3) is 0.455. The van der Waals surface area contributed by atoms with E-state index in [0.717, 1.165) is 12.0 Å². The first kappa shape index (κ1) is 12.3. The Morgan fingerprint density at radius 1 is 1.39 bits per heavy atom. The van der Waals surface area contributed by atoms with Crippen LogP contribution in [0.15, 0.2) is 12.4 Å². The van der Waals surface area contributed by atoms with Gasteiger partial charge in [0.2, 0.25) is 11.9 Å². The summed E-state index contributed by atoms with van der Waals surface area (Å²) in [6.45, 7) is 3.99. The maximum absolute atomic E-state index is 5.63. The van der Waals surface area contributed by atoms with Gasteiger partial charge in [0.1, 0.15) is 5.82 Å². The molecule has 0 saturated heterocycles. The van der Waals surface area contributed by atoms with Gasteiger partial charge in [-0.2, -0.15) is 20.1 Å². The predicted octanol–water partition coefficient (Wildman–Crippen LogP) is 0.923. The van der Waals surface area contributed by atoms with E-state index in [1.54, 1.807) is 4.68 Å². The van der Waals surface area contributed by atoms with E-state index in [0.29, 0.717) is 11.8 Å². The van der Waals surface area contributed by atoms with Crippen molar-refractivity contribution in [3.63, 3.8) is 0 Å². The first-order valence-electron chi connectivity index (χ1n) is 5.84. The molecule has 0 aliphatic carbocycles. The Balaban J connectivity index is 2.16. The second-order valence-corrected chi connectivity index (χ2v) is 4.10. The minimum Gasteiger partial charge on any atom is -0.368 e. The topological polar surface area (TPSA) is 94.5 Å². The molecule has 0 aliphatic rings. The summed E-state index contributed by atoms with van der Waals surface area (Å²) in [6.07, 6.45) is 4.48. The number of aromatic nitrogens is 5. The zero-order chi connectivity index (χ0) is 13.1. The zero-order valence-electron chi connectivity index (χ0n) is 10.8. The number of rotatable bonds is 4. The molecule has 18 heavy (non-hydrogen) atoms. The van der Waals surface area contributed by atoms with Crippen molar-refractivity contribution in [1.82, 2.24) is 24.7 Å². The molecule has 0 radical (unpaired) electrons. The Labute approximate surface area is 105 Å². The Morgan fingerprint density at radius 2 is 2.17 bits per heavy atom. The molecular weight excluding hydrogens is 230 g/mol. The first-order valence-corrected chi connectivity index (χ1v) is 5.84. The van der Waals surface area contributed by atoms with Crippen molar-refractivity contribution in [2.45, 2.75) is 26.3 Å². The second kappa shape index (κ2) is 4.99. The van der Waals surface area contributed by atoms with Crippen molar-refractivity contribution >= 4 is 11.9 Å². The molecule has 0 amide bonds. The van der Waals surface area contributed by atoms with Gasteiger partial charge in [-0.3, -0.25) is 4.68 Å². The number of nitrogen functional groups attached to an aromatic ring is 1. The quantitative estimate of drug-likeness (QED) is 0.834. The fourth-order valence-corrected chi connectivity index (χ4v) is 1.60. The average Bonchev–Trinajstić information content (AvgIpc) is 2.75. The average molecular weight is 247 g/mol. The molecule has 0 fully saturated rings. The van der Waals surface area contributed by atoms with Crippen molar-refractivity contribution in [2.75, 3.05) is 11.1 Å². The summed E-state index contributed by atoms with van der Waals surface area (Å²) < 4.78 is 1.76. The third kappa shape index (κ3) is 2.73. The zero-order valence-corrected chi connectivity index (χ0v) is 10.8. The Morgan fingerprint density at radius 3 is 2.78 bits per heavy atom. The lowest BCUT2D eigenvalue weighted by Crippen LogP contribution is -2.12. The van der Waals surface area contributed by atoms with Crippen LogP contribution in [0.25, 0.3) is 0 Å². The van der Waals surface area contributed by atoms with Crippen molar-refractivity contribution in [3.8, 4) is 0 Å². The van der Waals surface area contributed by atoms with Crippen LogP contribution in [-0.2, 0) is 13.5 Å². The summed E-state index contributed by atoms with van der Waals surface area (Å²) in [7, 11) is 1.88. The predicted molar refractivity (Wildman–Crippen MR) is 68.9 cm³/mol. The van der Waals surface area contributed by atoms with Gasteiger partial charge in [-0.05, 0) is 6.92 Å². The van der Waals surface area contributed by atoms with E-state index in [1.165, 1.54) is 0 Å². The summed E-state index contributed by atoms with van der Waals surface area (Å²) in [5, 5.41) is 7.32. The molecule has 0 bridgehead atoms. The molecule has 3 N–H and O–H groups in total. The number of hydrogen-bond donors (Lipinski definition) is 2. The Hall–Kier alpha value is -2.18. The van der Waals surface area contributed by atoms with E-state index < -0.39 is 0 Å². The highest BCUT2D eigenvalue weighted by atomic mass is 15.2. The lowest BCUT2D eigenvalue weighted by atomic mass is 10.2. The number of hydrogen-bond acceptors (Lipinski definition) is 6. The Bertz CT molecular complexity index is 534. The van der Waals surface area contributed by atoms with Gasteiger partial charge in [0.05, 0.1) is 12.2 Å². The molecule has 7 nitrogen and oxygen atoms in total. The molecule has 0 spiro atoms. The van der Waals surface area contributed by atoms with Crippen LogP contribution in [-0.4, -0.2) is 24.7 Å². The van der Waals surface area contributed by atoms with E-state index in [2.05, 4.69) is 25.4 Å². The highest BCUT2D eigenvalue weighted by Crippen LogP contribution is 2.16. The van der Waals surface area contributed by atoms with Gasteiger partial charge < -0.3 is 11.1 Å². The molecule has 1 atom stereocenters. The minimum absolute atomic E-state index is 0.0604. The summed E-state index contributed by atoms with van der Waals surface area (Å²) in [6, 6.07) is 0.0604. The standard InChI is InChI=1S/C11H17N7/c1-4-9-15-10(12)17-11(16-9)14-7(2)8-5-13-18(3)6-8/h5-7H,4H2,1-3H3,(H3,12,14,15,16,17). The summed E-state index contributed by atoms with van der Waals surface area (Å²) in [5.41, 5.74) is 6.70. The molecule has 2 aromatic heterocycles. The third-order valence-corrected chi connectivity index (χ3v) is 2.59. The van der Waals surface area contributed by atoms with Crippen LogP contribution < -0.4 is 11.1 Å². The summed E-state index contributed by atoms with van der Waals surface area (Å²) in [4.78, 5) is 12.4. The summed E-state index contributed by atoms with van der Waals surface area (Å²) >= 11 is 0. The maximum Gasteiger partial charge on any atom is 0.228 e. The van der Waals surface area contributed by atoms with Crippen LogP contribution in [0, 0.1) is 0 Å². The minimum atomic E-state index is 0.0604. The van der Waals surface area contributed by atoms with Gasteiger partial charge in [0.15, 0.2) is 0 Å². The number of anilines is 2. The number of nitrogens with one attached hydrogen (secondary N) is 1. The van der Waals surface area contributed by atoms with Crippen molar-refractivity contribution in [3.05, 3.63) is 23.8 Å². The third-order valence-electron chi connectivity index (χ3n) is 2.59. The molecular formula is C11H17N7. The molecule has 7 heteroatoms. The molecule has 1 unspecified atom stereocenters. The second-order valence-electron chi connectivity index (χ2n) is 4.10. The van der Waals surface area contributed by atoms with E-state index in [1.807, 2.05) is 33.3 Å². The molecule has 0 aliphatic heterocycles. The van der Waals surface area contributed by atoms with Crippen LogP contribution in [0.2, 0.25) is 0 Å². The monoisotopic (exact) mass is 247 g/mol. The van der Waals surface area contributed by atoms with Crippen LogP contribution >= 0.6 is 0 Å². The lowest BCUT2D eigenvalue weighted by molar-refractivity contribution is 0.764. The highest BCUT2D eigenvalue weighted by molar-refractivity contribution is 5.34. The smallest absolute Gasteiger partial charge is 0.228 e. The van der Waals surface area contributed by atoms with Gasteiger partial charge in [-0.25, -0.2) is 0 Å². The van der Waals surface area contributed by atoms with Crippen LogP contribution in [0.1, 0.15) is 31.3 Å². The van der Waals surface area contributed by atoms with Gasteiger partial charge >= 0.3 is 0 Å². The number of nitrogens with zero attached hydrogens (tertiary/aromatic N) is 5. The molecule has 2 rings (SSSR count). The van der Waals surface area contributed by atoms with E-state index >= 15 is 0 Å².